The van der Waals surface area contributed by atoms with Crippen LogP contribution in [0.5, 0.6) is 5.75 Å². The molecule has 6 nitrogen and oxygen atoms in total. The van der Waals surface area contributed by atoms with Crippen LogP contribution in [-0.4, -0.2) is 54.9 Å². The minimum absolute atomic E-state index is 0.0474. The molecule has 4 rings (SSSR count). The summed E-state index contributed by atoms with van der Waals surface area (Å²) in [5.74, 6) is -2.58. The van der Waals surface area contributed by atoms with Crippen LogP contribution in [0.3, 0.4) is 0 Å². The van der Waals surface area contributed by atoms with Crippen LogP contribution >= 0.6 is 0 Å². The van der Waals surface area contributed by atoms with Gasteiger partial charge in [0.05, 0.1) is 18.3 Å². The Morgan fingerprint density at radius 2 is 1.95 bits per heavy atom. The average molecular weight is 535 g/mol. The van der Waals surface area contributed by atoms with E-state index in [0.29, 0.717) is 79.3 Å². The molecule has 0 saturated carbocycles. The number of nitrogens with one attached hydrogen (secondary N) is 1. The molecule has 0 unspecified atom stereocenters. The van der Waals surface area contributed by atoms with Crippen LogP contribution in [0.15, 0.2) is 36.5 Å². The molecule has 0 aliphatic carbocycles. The molecule has 0 bridgehead atoms. The molecule has 1 saturated heterocycles. The second kappa shape index (κ2) is 12.3. The van der Waals surface area contributed by atoms with Gasteiger partial charge < -0.3 is 25.8 Å². The molecule has 1 aliphatic heterocycles. The van der Waals surface area contributed by atoms with Gasteiger partial charge in [0.15, 0.2) is 11.6 Å². The number of hydrogen-bond acceptors (Lipinski definition) is 6. The van der Waals surface area contributed by atoms with Crippen molar-refractivity contribution in [2.24, 2.45) is 11.1 Å². The monoisotopic (exact) mass is 534 g/mol. The van der Waals surface area contributed by atoms with Crippen LogP contribution < -0.4 is 15.8 Å². The predicted octanol–water partition coefficient (Wildman–Crippen LogP) is 5.10. The lowest BCUT2D eigenvalue weighted by Gasteiger charge is -2.41. The summed E-state index contributed by atoms with van der Waals surface area (Å²) in [6.07, 6.45) is 2.42. The highest BCUT2D eigenvalue weighted by molar-refractivity contribution is 5.85. The van der Waals surface area contributed by atoms with E-state index in [4.69, 9.17) is 10.5 Å². The topological polar surface area (TPSA) is 83.6 Å². The number of benzene rings is 2. The van der Waals surface area contributed by atoms with E-state index in [1.54, 1.807) is 31.5 Å². The summed E-state index contributed by atoms with van der Waals surface area (Å²) in [5, 5.41) is 13.7. The van der Waals surface area contributed by atoms with Gasteiger partial charge in [-0.05, 0) is 68.0 Å². The number of nitrogens with two attached hydrogens (primary N) is 1. The number of aromatic nitrogens is 1. The highest BCUT2D eigenvalue weighted by Crippen LogP contribution is 2.41. The van der Waals surface area contributed by atoms with Crippen LogP contribution in [-0.2, 0) is 6.54 Å². The second-order valence-electron chi connectivity index (χ2n) is 9.97. The number of pyridine rings is 1. The number of ether oxygens (including phenoxy) is 1. The summed E-state index contributed by atoms with van der Waals surface area (Å²) in [6, 6.07) is 6.79. The molecule has 1 aliphatic rings. The molecular weight excluding hydrogens is 500 g/mol. The largest absolute Gasteiger partial charge is 0.497 e. The molecule has 10 heteroatoms. The van der Waals surface area contributed by atoms with Crippen LogP contribution in [0.1, 0.15) is 43.0 Å². The number of hydrogen-bond donors (Lipinski definition) is 3. The average Bonchev–Trinajstić information content (AvgIpc) is 2.94. The van der Waals surface area contributed by atoms with E-state index in [9.17, 15) is 18.3 Å². The van der Waals surface area contributed by atoms with Crippen LogP contribution in [0.2, 0.25) is 0 Å². The van der Waals surface area contributed by atoms with E-state index in [1.165, 1.54) is 0 Å². The van der Waals surface area contributed by atoms with Crippen LogP contribution in [0.25, 0.3) is 10.9 Å². The van der Waals surface area contributed by atoms with E-state index in [2.05, 4.69) is 15.2 Å². The molecule has 1 aromatic heterocycles. The van der Waals surface area contributed by atoms with Gasteiger partial charge in [-0.1, -0.05) is 0 Å². The molecule has 206 valence electrons. The van der Waals surface area contributed by atoms with Gasteiger partial charge in [0.25, 0.3) is 0 Å². The first-order valence-electron chi connectivity index (χ1n) is 12.8. The number of aliphatic hydroxyl groups excluding tert-OH is 1. The van der Waals surface area contributed by atoms with E-state index in [-0.39, 0.29) is 25.3 Å². The summed E-state index contributed by atoms with van der Waals surface area (Å²) in [4.78, 5) is 6.54. The van der Waals surface area contributed by atoms with Crippen molar-refractivity contribution in [1.82, 2.24) is 9.88 Å². The van der Waals surface area contributed by atoms with Gasteiger partial charge >= 0.3 is 0 Å². The highest BCUT2D eigenvalue weighted by atomic mass is 19.2. The molecule has 4 N–H and O–H groups in total. The van der Waals surface area contributed by atoms with Crippen LogP contribution in [0, 0.1) is 22.9 Å². The Kier molecular flexibility index (Phi) is 9.07. The number of anilines is 1. The van der Waals surface area contributed by atoms with Gasteiger partial charge in [0, 0.05) is 55.5 Å². The Morgan fingerprint density at radius 3 is 2.63 bits per heavy atom. The third kappa shape index (κ3) is 6.19. The second-order valence-corrected chi connectivity index (χ2v) is 9.97. The maximum Gasteiger partial charge on any atom is 0.182 e. The van der Waals surface area contributed by atoms with E-state index in [0.717, 1.165) is 6.07 Å². The summed E-state index contributed by atoms with van der Waals surface area (Å²) >= 11 is 0. The number of alkyl halides is 1. The zero-order valence-corrected chi connectivity index (χ0v) is 21.5. The Morgan fingerprint density at radius 1 is 1.18 bits per heavy atom. The van der Waals surface area contributed by atoms with Gasteiger partial charge in [-0.25, -0.2) is 17.6 Å². The van der Waals surface area contributed by atoms with Gasteiger partial charge in [-0.2, -0.15) is 0 Å². The molecule has 2 heterocycles. The van der Waals surface area contributed by atoms with Crippen molar-refractivity contribution in [1.29, 1.82) is 0 Å². The van der Waals surface area contributed by atoms with Gasteiger partial charge in [0.1, 0.15) is 17.7 Å². The van der Waals surface area contributed by atoms with Gasteiger partial charge in [-0.15, -0.1) is 0 Å². The number of fused-ring (bicyclic) bond motifs is 1. The Balaban J connectivity index is 1.35. The minimum Gasteiger partial charge on any atom is -0.497 e. The number of nitrogens with zero attached hydrogens (tertiary/aromatic N) is 2. The van der Waals surface area contributed by atoms with Gasteiger partial charge in [0.2, 0.25) is 0 Å². The maximum atomic E-state index is 15.8. The van der Waals surface area contributed by atoms with Crippen molar-refractivity contribution < 1.29 is 27.4 Å². The number of likely N-dealkylation sites (tertiary alicyclic amines) is 1. The first kappa shape index (κ1) is 28.1. The van der Waals surface area contributed by atoms with Gasteiger partial charge in [-0.3, -0.25) is 4.98 Å². The number of piperidine rings is 1. The Hall–Kier alpha value is -2.95. The molecule has 38 heavy (non-hydrogen) atoms. The SMILES string of the molecule is COc1ccc2ncc(CN)c([C@@H](F)CCC3(CO)CCN(CCNc4cc(F)cc(F)c4F)CC3)c2c1. The van der Waals surface area contributed by atoms with Crippen molar-refractivity contribution in [3.05, 3.63) is 65.1 Å². The molecular formula is C28H34F4N4O2. The summed E-state index contributed by atoms with van der Waals surface area (Å²) < 4.78 is 61.8. The fraction of sp³-hybridized carbons (Fsp3) is 0.464. The van der Waals surface area contributed by atoms with Crippen LogP contribution in [0.4, 0.5) is 23.2 Å². The normalized spacial score (nSPS) is 16.5. The maximum absolute atomic E-state index is 15.8. The smallest absolute Gasteiger partial charge is 0.182 e. The zero-order valence-electron chi connectivity index (χ0n) is 21.5. The molecule has 1 fully saturated rings. The van der Waals surface area contributed by atoms with Crippen molar-refractivity contribution in [2.75, 3.05) is 45.2 Å². The predicted molar refractivity (Wildman–Crippen MR) is 139 cm³/mol. The Bertz CT molecular complexity index is 1250. The summed E-state index contributed by atoms with van der Waals surface area (Å²) in [7, 11) is 1.56. The lowest BCUT2D eigenvalue weighted by Crippen LogP contribution is -2.43. The van der Waals surface area contributed by atoms with Crippen molar-refractivity contribution in [2.45, 2.75) is 38.4 Å². The standard InChI is InChI=1S/C28H34F4N4O2/c1-38-20-2-3-24-21(14-20)26(18(15-33)16-35-24)22(30)4-5-28(17-37)6-9-36(10-7-28)11-8-34-25-13-19(29)12-23(31)27(25)32/h2-3,12-14,16,22,34,37H,4-11,15,17,33H2,1H3/t22-/m0/s1. The fourth-order valence-electron chi connectivity index (χ4n) is 5.24. The van der Waals surface area contributed by atoms with Crippen molar-refractivity contribution in [3.63, 3.8) is 0 Å². The number of rotatable bonds is 11. The quantitative estimate of drug-likeness (QED) is 0.235. The molecule has 0 radical (unpaired) electrons. The van der Waals surface area contributed by atoms with E-state index in [1.807, 2.05) is 0 Å². The third-order valence-electron chi connectivity index (χ3n) is 7.65. The minimum atomic E-state index is -1.28. The molecule has 0 amide bonds. The summed E-state index contributed by atoms with van der Waals surface area (Å²) in [5.41, 5.74) is 7.13. The molecule has 1 atom stereocenters. The summed E-state index contributed by atoms with van der Waals surface area (Å²) in [6.45, 7) is 2.30. The number of aliphatic hydroxyl groups is 1. The lowest BCUT2D eigenvalue weighted by molar-refractivity contribution is 0.0315. The Labute approximate surface area is 219 Å². The molecule has 0 spiro atoms. The van der Waals surface area contributed by atoms with Crippen molar-refractivity contribution in [3.8, 4) is 5.75 Å². The lowest BCUT2D eigenvalue weighted by atomic mass is 9.74. The third-order valence-corrected chi connectivity index (χ3v) is 7.65. The van der Waals surface area contributed by atoms with Crippen molar-refractivity contribution >= 4 is 16.6 Å². The first-order valence-corrected chi connectivity index (χ1v) is 12.8. The van der Waals surface area contributed by atoms with E-state index < -0.39 is 29.0 Å². The number of methoxy groups -OCH3 is 1. The number of halogens is 4. The molecule has 3 aromatic rings. The first-order chi connectivity index (χ1) is 18.3. The van der Waals surface area contributed by atoms with E-state index >= 15 is 4.39 Å². The molecule has 2 aromatic carbocycles. The fourth-order valence-corrected chi connectivity index (χ4v) is 5.24. The zero-order chi connectivity index (χ0) is 27.3. The highest BCUT2D eigenvalue weighted by Gasteiger charge is 2.35.